The number of halogens is 1. The Bertz CT molecular complexity index is 1300. The minimum Gasteiger partial charge on any atom is -0.339 e. The second-order valence-corrected chi connectivity index (χ2v) is 11.9. The fourth-order valence-electron chi connectivity index (χ4n) is 6.96. The van der Waals surface area contributed by atoms with Gasteiger partial charge in [-0.2, -0.15) is 10.2 Å². The molecule has 0 bridgehead atoms. The first kappa shape index (κ1) is 28.3. The van der Waals surface area contributed by atoms with Crippen LogP contribution in [0.2, 0.25) is 5.15 Å². The maximum Gasteiger partial charge on any atom is 0.270 e. The summed E-state index contributed by atoms with van der Waals surface area (Å²) in [6.45, 7) is 3.85. The highest BCUT2D eigenvalue weighted by Crippen LogP contribution is 2.42. The van der Waals surface area contributed by atoms with Crippen molar-refractivity contribution in [2.75, 3.05) is 5.32 Å². The van der Waals surface area contributed by atoms with Gasteiger partial charge >= 0.3 is 0 Å². The van der Waals surface area contributed by atoms with E-state index in [0.29, 0.717) is 23.3 Å². The Labute approximate surface area is 240 Å². The molecule has 0 aliphatic heterocycles. The van der Waals surface area contributed by atoms with E-state index >= 15 is 0 Å². The number of aromatic amines is 1. The quantitative estimate of drug-likeness (QED) is 0.290. The van der Waals surface area contributed by atoms with Crippen LogP contribution >= 0.6 is 11.6 Å². The number of pyridine rings is 1. The van der Waals surface area contributed by atoms with Crippen LogP contribution in [0.15, 0.2) is 24.4 Å². The molecule has 40 heavy (non-hydrogen) atoms. The number of rotatable bonds is 8. The number of carbonyl (C=O) groups excluding carboxylic acids is 2. The molecule has 0 spiro atoms. The number of amides is 2. The van der Waals surface area contributed by atoms with E-state index in [1.165, 1.54) is 38.5 Å². The predicted octanol–water partition coefficient (Wildman–Crippen LogP) is 5.99. The van der Waals surface area contributed by atoms with E-state index in [-0.39, 0.29) is 22.9 Å². The van der Waals surface area contributed by atoms with Gasteiger partial charge in [-0.3, -0.25) is 19.4 Å². The van der Waals surface area contributed by atoms with E-state index < -0.39 is 6.04 Å². The van der Waals surface area contributed by atoms with Gasteiger partial charge in [0.05, 0.1) is 5.69 Å². The fourth-order valence-corrected chi connectivity index (χ4v) is 7.21. The van der Waals surface area contributed by atoms with Crippen molar-refractivity contribution in [1.82, 2.24) is 30.3 Å². The zero-order valence-corrected chi connectivity index (χ0v) is 24.4. The monoisotopic (exact) mass is 565 g/mol. The average molecular weight is 566 g/mol. The summed E-state index contributed by atoms with van der Waals surface area (Å²) in [5.74, 6) is 0.676. The molecule has 1 atom stereocenters. The maximum atomic E-state index is 14.1. The molecule has 0 radical (unpaired) electrons. The summed E-state index contributed by atoms with van der Waals surface area (Å²) in [6, 6.07) is 4.62. The maximum absolute atomic E-state index is 14.1. The molecular weight excluding hydrogens is 526 g/mol. The Kier molecular flexibility index (Phi) is 8.88. The minimum absolute atomic E-state index is 0.0590. The molecule has 0 saturated heterocycles. The van der Waals surface area contributed by atoms with Crippen molar-refractivity contribution in [2.24, 2.45) is 24.8 Å². The molecule has 2 aliphatic rings. The number of anilines is 1. The van der Waals surface area contributed by atoms with Crippen molar-refractivity contribution in [1.29, 1.82) is 0 Å². The highest BCUT2D eigenvalue weighted by atomic mass is 35.5. The van der Waals surface area contributed by atoms with Gasteiger partial charge in [0, 0.05) is 30.1 Å². The molecule has 5 rings (SSSR count). The van der Waals surface area contributed by atoms with E-state index in [9.17, 15) is 9.59 Å². The lowest BCUT2D eigenvalue weighted by atomic mass is 9.66. The van der Waals surface area contributed by atoms with Gasteiger partial charge in [-0.05, 0) is 49.8 Å². The van der Waals surface area contributed by atoms with E-state index in [2.05, 4.69) is 30.9 Å². The molecule has 2 fully saturated rings. The highest BCUT2D eigenvalue weighted by Gasteiger charge is 2.41. The van der Waals surface area contributed by atoms with Crippen LogP contribution < -0.4 is 10.6 Å². The number of nitrogens with zero attached hydrogens (tertiary/aromatic N) is 4. The molecule has 0 aromatic carbocycles. The van der Waals surface area contributed by atoms with Crippen LogP contribution in [-0.4, -0.2) is 42.8 Å². The highest BCUT2D eigenvalue weighted by molar-refractivity contribution is 6.32. The lowest BCUT2D eigenvalue weighted by Gasteiger charge is -2.41. The molecule has 214 valence electrons. The average Bonchev–Trinajstić information content (AvgIpc) is 3.54. The lowest BCUT2D eigenvalue weighted by Crippen LogP contribution is -2.53. The van der Waals surface area contributed by atoms with Crippen molar-refractivity contribution in [3.05, 3.63) is 46.6 Å². The van der Waals surface area contributed by atoms with Crippen molar-refractivity contribution < 1.29 is 9.59 Å². The topological polar surface area (TPSA) is 118 Å². The van der Waals surface area contributed by atoms with Crippen LogP contribution in [0.5, 0.6) is 0 Å². The summed E-state index contributed by atoms with van der Waals surface area (Å²) in [6.07, 6.45) is 13.1. The zero-order chi connectivity index (χ0) is 28.2. The summed E-state index contributed by atoms with van der Waals surface area (Å²) >= 11 is 6.62. The Balaban J connectivity index is 1.45. The van der Waals surface area contributed by atoms with E-state index in [1.807, 2.05) is 19.9 Å². The molecule has 9 nitrogen and oxygen atoms in total. The fraction of sp³-hybridized carbons (Fsp3) is 0.567. The van der Waals surface area contributed by atoms with Gasteiger partial charge in [0.1, 0.15) is 22.7 Å². The van der Waals surface area contributed by atoms with Gasteiger partial charge < -0.3 is 10.6 Å². The van der Waals surface area contributed by atoms with Gasteiger partial charge in [-0.15, -0.1) is 0 Å². The zero-order valence-electron chi connectivity index (χ0n) is 23.7. The standard InChI is InChI=1S/C30H40ClN7O2/c1-18-25(19(2)37-36-18)22-14-15-24(33-28(22)31)34-30(40)27(35-29(39)23-16-17-32-38(23)3)26(20-10-6-4-7-11-20)21-12-8-5-9-13-21/h14-17,20-21,26-27H,4-13H2,1-3H3,(H,35,39)(H,36,37)(H,33,34,40)/t27-/m0/s1. The van der Waals surface area contributed by atoms with Gasteiger partial charge in [0.15, 0.2) is 0 Å². The molecule has 2 aliphatic carbocycles. The van der Waals surface area contributed by atoms with Gasteiger partial charge in [-0.25, -0.2) is 4.98 Å². The third kappa shape index (κ3) is 6.09. The second-order valence-electron chi connectivity index (χ2n) is 11.5. The summed E-state index contributed by atoms with van der Waals surface area (Å²) in [5, 5.41) is 17.9. The normalized spacial score (nSPS) is 17.6. The number of hydrogen-bond acceptors (Lipinski definition) is 5. The molecule has 3 aromatic heterocycles. The first-order valence-corrected chi connectivity index (χ1v) is 15.0. The lowest BCUT2D eigenvalue weighted by molar-refractivity contribution is -0.121. The molecule has 3 heterocycles. The molecule has 2 saturated carbocycles. The Morgan fingerprint density at radius 3 is 2.17 bits per heavy atom. The molecule has 3 N–H and O–H groups in total. The van der Waals surface area contributed by atoms with Crippen LogP contribution in [0, 0.1) is 31.6 Å². The third-order valence-corrected chi connectivity index (χ3v) is 9.18. The molecule has 10 heteroatoms. The van der Waals surface area contributed by atoms with E-state index in [0.717, 1.165) is 48.2 Å². The SMILES string of the molecule is Cc1n[nH]c(C)c1-c1ccc(NC(=O)[C@@H](NC(=O)c2ccnn2C)C(C2CCCCC2)C2CCCCC2)nc1Cl. The van der Waals surface area contributed by atoms with Crippen LogP contribution in [0.3, 0.4) is 0 Å². The van der Waals surface area contributed by atoms with Crippen LogP contribution in [0.25, 0.3) is 11.1 Å². The summed E-state index contributed by atoms with van der Waals surface area (Å²) in [7, 11) is 1.74. The summed E-state index contributed by atoms with van der Waals surface area (Å²) < 4.78 is 1.54. The number of carbonyl (C=O) groups is 2. The largest absolute Gasteiger partial charge is 0.339 e. The Hall–Kier alpha value is -3.20. The number of H-pyrrole nitrogens is 1. The Morgan fingerprint density at radius 1 is 1.00 bits per heavy atom. The van der Waals surface area contributed by atoms with Gasteiger partial charge in [0.2, 0.25) is 5.91 Å². The first-order valence-electron chi connectivity index (χ1n) is 14.6. The molecule has 2 amide bonds. The summed E-state index contributed by atoms with van der Waals surface area (Å²) in [4.78, 5) is 32.1. The molecular formula is C30H40ClN7O2. The number of nitrogens with one attached hydrogen (secondary N) is 3. The predicted molar refractivity (Wildman–Crippen MR) is 156 cm³/mol. The third-order valence-electron chi connectivity index (χ3n) is 8.89. The number of aromatic nitrogens is 5. The second kappa shape index (κ2) is 12.5. The van der Waals surface area contributed by atoms with E-state index in [1.54, 1.807) is 30.1 Å². The molecule has 3 aromatic rings. The van der Waals surface area contributed by atoms with E-state index in [4.69, 9.17) is 11.6 Å². The molecule has 0 unspecified atom stereocenters. The van der Waals surface area contributed by atoms with Crippen molar-refractivity contribution in [2.45, 2.75) is 84.1 Å². The van der Waals surface area contributed by atoms with Crippen molar-refractivity contribution >= 4 is 29.2 Å². The number of hydrogen-bond donors (Lipinski definition) is 3. The van der Waals surface area contributed by atoms with Gasteiger partial charge in [0.25, 0.3) is 5.91 Å². The number of aryl methyl sites for hydroxylation is 3. The van der Waals surface area contributed by atoms with Crippen LogP contribution in [0.4, 0.5) is 5.82 Å². The Morgan fingerprint density at radius 2 is 1.65 bits per heavy atom. The van der Waals surface area contributed by atoms with Crippen molar-refractivity contribution in [3.63, 3.8) is 0 Å². The smallest absolute Gasteiger partial charge is 0.270 e. The first-order chi connectivity index (χ1) is 19.3. The minimum atomic E-state index is -0.688. The van der Waals surface area contributed by atoms with Crippen molar-refractivity contribution in [3.8, 4) is 11.1 Å². The van der Waals surface area contributed by atoms with Crippen LogP contribution in [0.1, 0.15) is 86.1 Å². The summed E-state index contributed by atoms with van der Waals surface area (Å²) in [5.41, 5.74) is 3.83. The van der Waals surface area contributed by atoms with Gasteiger partial charge in [-0.1, -0.05) is 75.8 Å². The van der Waals surface area contributed by atoms with Crippen LogP contribution in [-0.2, 0) is 11.8 Å².